The van der Waals surface area contributed by atoms with Crippen molar-refractivity contribution in [3.8, 4) is 0 Å². The van der Waals surface area contributed by atoms with Crippen LogP contribution in [0.1, 0.15) is 25.7 Å². The lowest BCUT2D eigenvalue weighted by atomic mass is 10.0. The van der Waals surface area contributed by atoms with Gasteiger partial charge < -0.3 is 10.4 Å². The number of aliphatic hydroxyl groups excluding tert-OH is 1. The number of nitrogens with one attached hydrogen (secondary N) is 1. The van der Waals surface area contributed by atoms with Crippen LogP contribution in [0.25, 0.3) is 0 Å². The van der Waals surface area contributed by atoms with Gasteiger partial charge in [-0.15, -0.1) is 6.58 Å². The summed E-state index contributed by atoms with van der Waals surface area (Å²) in [5.74, 6) is 0. The maximum Gasteiger partial charge on any atom is 0.0431 e. The molecular weight excluding hydrogens is 162 g/mol. The standard InChI is InChI=1S/C11H19NO/c1-2-5-10-6-3-7-11(12-10)8-4-9-13/h2-3,7,10-13H,1,4-6,8-9H2/t10-,11-/m0/s1. The highest BCUT2D eigenvalue weighted by molar-refractivity contribution is 5.02. The Hall–Kier alpha value is -0.600. The van der Waals surface area contributed by atoms with Gasteiger partial charge in [0.2, 0.25) is 0 Å². The lowest BCUT2D eigenvalue weighted by molar-refractivity contribution is 0.275. The Kier molecular flexibility index (Phi) is 4.79. The van der Waals surface area contributed by atoms with Crippen LogP contribution in [-0.2, 0) is 0 Å². The summed E-state index contributed by atoms with van der Waals surface area (Å²) in [5.41, 5.74) is 0. The van der Waals surface area contributed by atoms with Crippen molar-refractivity contribution >= 4 is 0 Å². The molecule has 2 heteroatoms. The Labute approximate surface area is 80.3 Å². The van der Waals surface area contributed by atoms with E-state index >= 15 is 0 Å². The summed E-state index contributed by atoms with van der Waals surface area (Å²) in [6.45, 7) is 4.03. The van der Waals surface area contributed by atoms with Gasteiger partial charge in [0.05, 0.1) is 0 Å². The van der Waals surface area contributed by atoms with Gasteiger partial charge in [0.25, 0.3) is 0 Å². The van der Waals surface area contributed by atoms with Gasteiger partial charge >= 0.3 is 0 Å². The van der Waals surface area contributed by atoms with Gasteiger partial charge in [-0.2, -0.15) is 0 Å². The van der Waals surface area contributed by atoms with Crippen molar-refractivity contribution in [2.75, 3.05) is 6.61 Å². The zero-order valence-electron chi connectivity index (χ0n) is 8.08. The Bertz CT molecular complexity index is 177. The molecular formula is C11H19NO. The minimum absolute atomic E-state index is 0.290. The molecule has 1 aliphatic heterocycles. The molecule has 0 amide bonds. The fourth-order valence-electron chi connectivity index (χ4n) is 1.69. The van der Waals surface area contributed by atoms with Crippen LogP contribution in [0.2, 0.25) is 0 Å². The fourth-order valence-corrected chi connectivity index (χ4v) is 1.69. The van der Waals surface area contributed by atoms with Gasteiger partial charge in [0.15, 0.2) is 0 Å². The Morgan fingerprint density at radius 3 is 3.15 bits per heavy atom. The van der Waals surface area contributed by atoms with E-state index in [0.717, 1.165) is 25.7 Å². The lowest BCUT2D eigenvalue weighted by Crippen LogP contribution is -2.39. The number of aliphatic hydroxyl groups is 1. The van der Waals surface area contributed by atoms with Gasteiger partial charge in [0.1, 0.15) is 0 Å². The molecule has 0 aliphatic carbocycles. The number of hydrogen-bond donors (Lipinski definition) is 2. The van der Waals surface area contributed by atoms with Crippen LogP contribution < -0.4 is 5.32 Å². The maximum absolute atomic E-state index is 8.70. The maximum atomic E-state index is 8.70. The normalized spacial score (nSPS) is 27.5. The van der Waals surface area contributed by atoms with Crippen molar-refractivity contribution in [3.05, 3.63) is 24.8 Å². The highest BCUT2D eigenvalue weighted by Crippen LogP contribution is 2.11. The molecule has 0 unspecified atom stereocenters. The van der Waals surface area contributed by atoms with Crippen LogP contribution >= 0.6 is 0 Å². The molecule has 2 atom stereocenters. The average Bonchev–Trinajstić information content (AvgIpc) is 2.16. The van der Waals surface area contributed by atoms with E-state index in [1.807, 2.05) is 6.08 Å². The number of hydrogen-bond acceptors (Lipinski definition) is 2. The monoisotopic (exact) mass is 181 g/mol. The van der Waals surface area contributed by atoms with Crippen molar-refractivity contribution in [3.63, 3.8) is 0 Å². The van der Waals surface area contributed by atoms with Gasteiger partial charge in [-0.1, -0.05) is 18.2 Å². The molecule has 0 fully saturated rings. The molecule has 1 heterocycles. The molecule has 2 nitrogen and oxygen atoms in total. The largest absolute Gasteiger partial charge is 0.396 e. The second-order valence-corrected chi connectivity index (χ2v) is 3.52. The quantitative estimate of drug-likeness (QED) is 0.632. The van der Waals surface area contributed by atoms with Crippen LogP contribution in [0, 0.1) is 0 Å². The van der Waals surface area contributed by atoms with Crippen LogP contribution in [0.3, 0.4) is 0 Å². The first-order valence-electron chi connectivity index (χ1n) is 5.01. The first kappa shape index (κ1) is 10.5. The smallest absolute Gasteiger partial charge is 0.0431 e. The van der Waals surface area contributed by atoms with E-state index in [4.69, 9.17) is 5.11 Å². The zero-order valence-corrected chi connectivity index (χ0v) is 8.08. The lowest BCUT2D eigenvalue weighted by Gasteiger charge is -2.26. The van der Waals surface area contributed by atoms with E-state index in [-0.39, 0.29) is 6.61 Å². The minimum atomic E-state index is 0.290. The van der Waals surface area contributed by atoms with E-state index < -0.39 is 0 Å². The first-order chi connectivity index (χ1) is 6.36. The molecule has 74 valence electrons. The second kappa shape index (κ2) is 5.95. The Morgan fingerprint density at radius 1 is 1.62 bits per heavy atom. The molecule has 0 bridgehead atoms. The van der Waals surface area contributed by atoms with Crippen molar-refractivity contribution in [2.24, 2.45) is 0 Å². The average molecular weight is 181 g/mol. The SMILES string of the molecule is C=CC[C@H]1CC=C[C@@H](CCCO)N1. The molecule has 0 aromatic heterocycles. The predicted octanol–water partition coefficient (Wildman–Crippen LogP) is 1.62. The second-order valence-electron chi connectivity index (χ2n) is 3.52. The van der Waals surface area contributed by atoms with Crippen molar-refractivity contribution in [1.29, 1.82) is 0 Å². The molecule has 0 saturated carbocycles. The van der Waals surface area contributed by atoms with Gasteiger partial charge in [-0.25, -0.2) is 0 Å². The molecule has 0 saturated heterocycles. The number of rotatable bonds is 5. The third-order valence-electron chi connectivity index (χ3n) is 2.36. The van der Waals surface area contributed by atoms with Crippen LogP contribution in [0.4, 0.5) is 0 Å². The van der Waals surface area contributed by atoms with Crippen molar-refractivity contribution in [1.82, 2.24) is 5.32 Å². The highest BCUT2D eigenvalue weighted by atomic mass is 16.2. The topological polar surface area (TPSA) is 32.3 Å². The molecule has 1 aliphatic rings. The molecule has 1 rings (SSSR count). The van der Waals surface area contributed by atoms with E-state index in [9.17, 15) is 0 Å². The van der Waals surface area contributed by atoms with E-state index in [2.05, 4.69) is 24.0 Å². The van der Waals surface area contributed by atoms with E-state index in [1.165, 1.54) is 0 Å². The molecule has 0 radical (unpaired) electrons. The third kappa shape index (κ3) is 3.75. The molecule has 0 aromatic carbocycles. The summed E-state index contributed by atoms with van der Waals surface area (Å²) in [4.78, 5) is 0. The summed E-state index contributed by atoms with van der Waals surface area (Å²) < 4.78 is 0. The minimum Gasteiger partial charge on any atom is -0.396 e. The van der Waals surface area contributed by atoms with Gasteiger partial charge in [0, 0.05) is 18.7 Å². The third-order valence-corrected chi connectivity index (χ3v) is 2.36. The first-order valence-corrected chi connectivity index (χ1v) is 5.01. The van der Waals surface area contributed by atoms with E-state index in [1.54, 1.807) is 0 Å². The molecule has 0 spiro atoms. The van der Waals surface area contributed by atoms with Gasteiger partial charge in [-0.05, 0) is 25.7 Å². The van der Waals surface area contributed by atoms with Gasteiger partial charge in [-0.3, -0.25) is 0 Å². The summed E-state index contributed by atoms with van der Waals surface area (Å²) >= 11 is 0. The summed E-state index contributed by atoms with van der Waals surface area (Å²) in [5, 5.41) is 12.2. The summed E-state index contributed by atoms with van der Waals surface area (Å²) in [6, 6.07) is 0.997. The van der Waals surface area contributed by atoms with Crippen molar-refractivity contribution in [2.45, 2.75) is 37.8 Å². The molecule has 13 heavy (non-hydrogen) atoms. The van der Waals surface area contributed by atoms with E-state index in [0.29, 0.717) is 12.1 Å². The molecule has 0 aromatic rings. The zero-order chi connectivity index (χ0) is 9.52. The fraction of sp³-hybridized carbons (Fsp3) is 0.636. The summed E-state index contributed by atoms with van der Waals surface area (Å²) in [7, 11) is 0. The Morgan fingerprint density at radius 2 is 2.46 bits per heavy atom. The van der Waals surface area contributed by atoms with Crippen molar-refractivity contribution < 1.29 is 5.11 Å². The Balaban J connectivity index is 2.28. The molecule has 2 N–H and O–H groups in total. The van der Waals surface area contributed by atoms with Crippen LogP contribution in [0.15, 0.2) is 24.8 Å². The van der Waals surface area contributed by atoms with Crippen LogP contribution in [0.5, 0.6) is 0 Å². The predicted molar refractivity (Wildman–Crippen MR) is 55.6 cm³/mol. The summed E-state index contributed by atoms with van der Waals surface area (Å²) in [6.07, 6.45) is 10.4. The highest BCUT2D eigenvalue weighted by Gasteiger charge is 2.14. The van der Waals surface area contributed by atoms with Crippen LogP contribution in [-0.4, -0.2) is 23.8 Å².